The zero-order valence-corrected chi connectivity index (χ0v) is 8.23. The molecule has 1 aliphatic rings. The van der Waals surface area contributed by atoms with E-state index in [4.69, 9.17) is 5.11 Å². The van der Waals surface area contributed by atoms with E-state index in [0.717, 1.165) is 13.0 Å². The third-order valence-electron chi connectivity index (χ3n) is 1.88. The summed E-state index contributed by atoms with van der Waals surface area (Å²) >= 11 is 1.76. The lowest BCUT2D eigenvalue weighted by Crippen LogP contribution is -2.37. The van der Waals surface area contributed by atoms with Crippen molar-refractivity contribution >= 4 is 17.7 Å². The molecule has 0 aromatic carbocycles. The highest BCUT2D eigenvalue weighted by Gasteiger charge is 2.33. The first-order valence-corrected chi connectivity index (χ1v) is 5.17. The van der Waals surface area contributed by atoms with Crippen LogP contribution in [-0.2, 0) is 4.79 Å². The van der Waals surface area contributed by atoms with Crippen LogP contribution in [0.25, 0.3) is 0 Å². The van der Waals surface area contributed by atoms with Crippen molar-refractivity contribution in [2.24, 2.45) is 0 Å². The van der Waals surface area contributed by atoms with Gasteiger partial charge >= 0.3 is 5.97 Å². The normalized spacial score (nSPS) is 29.6. The Hall–Kier alpha value is -0.220. The van der Waals surface area contributed by atoms with Crippen molar-refractivity contribution in [3.63, 3.8) is 0 Å². The number of carboxylic acid groups (broad SMARTS) is 1. The maximum Gasteiger partial charge on any atom is 0.321 e. The van der Waals surface area contributed by atoms with Crippen molar-refractivity contribution in [3.8, 4) is 0 Å². The third-order valence-corrected chi connectivity index (χ3v) is 3.28. The van der Waals surface area contributed by atoms with E-state index < -0.39 is 5.97 Å². The second-order valence-corrected chi connectivity index (χ2v) is 5.10. The molecule has 70 valence electrons. The second-order valence-electron chi connectivity index (χ2n) is 3.28. The minimum atomic E-state index is -0.717. The Morgan fingerprint density at radius 3 is 2.83 bits per heavy atom. The Morgan fingerprint density at radius 2 is 2.33 bits per heavy atom. The van der Waals surface area contributed by atoms with Crippen molar-refractivity contribution in [2.45, 2.75) is 36.8 Å². The highest BCUT2D eigenvalue weighted by atomic mass is 32.2. The summed E-state index contributed by atoms with van der Waals surface area (Å²) < 4.78 is 0. The monoisotopic (exact) mass is 189 g/mol. The highest BCUT2D eigenvalue weighted by molar-refractivity contribution is 8.00. The van der Waals surface area contributed by atoms with Gasteiger partial charge in [0.15, 0.2) is 0 Å². The summed E-state index contributed by atoms with van der Waals surface area (Å²) in [7, 11) is 0. The standard InChI is InChI=1S/C8H15NO2S/c1-5(2)12-6-3-4-9-7(6)8(10)11/h5-7,9H,3-4H2,1-2H3,(H,10,11)/t6-,7-/m0/s1. The molecule has 0 spiro atoms. The molecule has 4 heteroatoms. The van der Waals surface area contributed by atoms with Gasteiger partial charge in [-0.05, 0) is 18.2 Å². The molecule has 0 saturated carbocycles. The Morgan fingerprint density at radius 1 is 1.67 bits per heavy atom. The Balaban J connectivity index is 2.46. The van der Waals surface area contributed by atoms with E-state index >= 15 is 0 Å². The van der Waals surface area contributed by atoms with Gasteiger partial charge in [-0.15, -0.1) is 0 Å². The molecule has 1 aliphatic heterocycles. The predicted octanol–water partition coefficient (Wildman–Crippen LogP) is 0.943. The predicted molar refractivity (Wildman–Crippen MR) is 50.6 cm³/mol. The molecule has 0 aliphatic carbocycles. The molecule has 1 heterocycles. The fourth-order valence-electron chi connectivity index (χ4n) is 1.42. The minimum absolute atomic E-state index is 0.252. The molecular formula is C8H15NO2S. The molecule has 1 saturated heterocycles. The van der Waals surface area contributed by atoms with E-state index in [1.807, 2.05) is 0 Å². The highest BCUT2D eigenvalue weighted by Crippen LogP contribution is 2.26. The lowest BCUT2D eigenvalue weighted by Gasteiger charge is -2.16. The average molecular weight is 189 g/mol. The molecule has 12 heavy (non-hydrogen) atoms. The number of rotatable bonds is 3. The van der Waals surface area contributed by atoms with Gasteiger partial charge in [-0.2, -0.15) is 11.8 Å². The van der Waals surface area contributed by atoms with Crippen LogP contribution in [0.1, 0.15) is 20.3 Å². The number of hydrogen-bond donors (Lipinski definition) is 2. The molecule has 0 aromatic heterocycles. The first kappa shape index (κ1) is 9.86. The number of aliphatic carboxylic acids is 1. The van der Waals surface area contributed by atoms with Crippen LogP contribution in [0.2, 0.25) is 0 Å². The molecule has 3 nitrogen and oxygen atoms in total. The summed E-state index contributed by atoms with van der Waals surface area (Å²) in [6.45, 7) is 5.03. The molecular weight excluding hydrogens is 174 g/mol. The summed E-state index contributed by atoms with van der Waals surface area (Å²) in [5, 5.41) is 12.6. The summed E-state index contributed by atoms with van der Waals surface area (Å²) in [5.74, 6) is -0.717. The van der Waals surface area contributed by atoms with Gasteiger partial charge < -0.3 is 10.4 Å². The molecule has 1 rings (SSSR count). The van der Waals surface area contributed by atoms with Crippen LogP contribution in [-0.4, -0.2) is 34.2 Å². The second kappa shape index (κ2) is 4.14. The van der Waals surface area contributed by atoms with Crippen LogP contribution >= 0.6 is 11.8 Å². The number of carbonyl (C=O) groups is 1. The van der Waals surface area contributed by atoms with E-state index in [1.165, 1.54) is 0 Å². The lowest BCUT2D eigenvalue weighted by atomic mass is 10.2. The number of hydrogen-bond acceptors (Lipinski definition) is 3. The van der Waals surface area contributed by atoms with Crippen LogP contribution in [0.5, 0.6) is 0 Å². The van der Waals surface area contributed by atoms with Gasteiger partial charge in [0, 0.05) is 5.25 Å². The van der Waals surface area contributed by atoms with Crippen LogP contribution in [0.3, 0.4) is 0 Å². The summed E-state index contributed by atoms with van der Waals surface area (Å²) in [6, 6.07) is -0.336. The zero-order valence-electron chi connectivity index (χ0n) is 7.41. The summed E-state index contributed by atoms with van der Waals surface area (Å²) in [5.41, 5.74) is 0. The average Bonchev–Trinajstić information content (AvgIpc) is 2.33. The smallest absolute Gasteiger partial charge is 0.321 e. The largest absolute Gasteiger partial charge is 0.480 e. The van der Waals surface area contributed by atoms with Crippen molar-refractivity contribution in [1.29, 1.82) is 0 Å². The van der Waals surface area contributed by atoms with Crippen LogP contribution in [0, 0.1) is 0 Å². The summed E-state index contributed by atoms with van der Waals surface area (Å²) in [4.78, 5) is 10.7. The summed E-state index contributed by atoms with van der Waals surface area (Å²) in [6.07, 6.45) is 0.972. The fourth-order valence-corrected chi connectivity index (χ4v) is 2.74. The van der Waals surface area contributed by atoms with Crippen molar-refractivity contribution in [2.75, 3.05) is 6.54 Å². The molecule has 0 radical (unpaired) electrons. The first-order chi connectivity index (χ1) is 5.61. The third kappa shape index (κ3) is 2.38. The number of nitrogens with one attached hydrogen (secondary N) is 1. The van der Waals surface area contributed by atoms with E-state index in [9.17, 15) is 4.79 Å². The van der Waals surface area contributed by atoms with Crippen molar-refractivity contribution in [1.82, 2.24) is 5.32 Å². The fraction of sp³-hybridized carbons (Fsp3) is 0.875. The number of thioether (sulfide) groups is 1. The van der Waals surface area contributed by atoms with E-state index in [-0.39, 0.29) is 11.3 Å². The maximum absolute atomic E-state index is 10.7. The van der Waals surface area contributed by atoms with Gasteiger partial charge in [-0.3, -0.25) is 4.79 Å². The van der Waals surface area contributed by atoms with Crippen LogP contribution < -0.4 is 5.32 Å². The molecule has 0 aromatic rings. The van der Waals surface area contributed by atoms with Crippen molar-refractivity contribution < 1.29 is 9.90 Å². The molecule has 1 fully saturated rings. The van der Waals surface area contributed by atoms with Gasteiger partial charge in [0.05, 0.1) is 0 Å². The van der Waals surface area contributed by atoms with Crippen LogP contribution in [0.4, 0.5) is 0 Å². The lowest BCUT2D eigenvalue weighted by molar-refractivity contribution is -0.138. The molecule has 0 amide bonds. The first-order valence-electron chi connectivity index (χ1n) is 4.23. The quantitative estimate of drug-likeness (QED) is 0.694. The van der Waals surface area contributed by atoms with E-state index in [1.54, 1.807) is 11.8 Å². The number of carboxylic acids is 1. The molecule has 0 unspecified atom stereocenters. The molecule has 0 bridgehead atoms. The topological polar surface area (TPSA) is 49.3 Å². The van der Waals surface area contributed by atoms with E-state index in [0.29, 0.717) is 5.25 Å². The van der Waals surface area contributed by atoms with Gasteiger partial charge in [-0.25, -0.2) is 0 Å². The van der Waals surface area contributed by atoms with Crippen LogP contribution in [0.15, 0.2) is 0 Å². The minimum Gasteiger partial charge on any atom is -0.480 e. The van der Waals surface area contributed by atoms with Gasteiger partial charge in [-0.1, -0.05) is 13.8 Å². The van der Waals surface area contributed by atoms with Gasteiger partial charge in [0.25, 0.3) is 0 Å². The zero-order chi connectivity index (χ0) is 9.14. The Labute approximate surface area is 76.9 Å². The molecule has 2 N–H and O–H groups in total. The SMILES string of the molecule is CC(C)S[C@H]1CCN[C@@H]1C(=O)O. The molecule has 2 atom stereocenters. The van der Waals surface area contributed by atoms with E-state index in [2.05, 4.69) is 19.2 Å². The van der Waals surface area contributed by atoms with Gasteiger partial charge in [0.2, 0.25) is 0 Å². The van der Waals surface area contributed by atoms with Gasteiger partial charge in [0.1, 0.15) is 6.04 Å². The maximum atomic E-state index is 10.7. The Bertz CT molecular complexity index is 172. The van der Waals surface area contributed by atoms with Crippen molar-refractivity contribution in [3.05, 3.63) is 0 Å². The Kier molecular flexibility index (Phi) is 3.40.